The number of hydrogen-bond donors (Lipinski definition) is 3. The van der Waals surface area contributed by atoms with Crippen LogP contribution in [0.5, 0.6) is 0 Å². The highest BCUT2D eigenvalue weighted by Gasteiger charge is 2.18. The summed E-state index contributed by atoms with van der Waals surface area (Å²) in [6, 6.07) is 24.3. The molecule has 0 atom stereocenters. The third-order valence-electron chi connectivity index (χ3n) is 4.76. The molecule has 0 aliphatic rings. The summed E-state index contributed by atoms with van der Waals surface area (Å²) in [4.78, 5) is 21.5. The summed E-state index contributed by atoms with van der Waals surface area (Å²) in [7, 11) is 0. The third kappa shape index (κ3) is 13.1. The second-order valence-corrected chi connectivity index (χ2v) is 9.65. The molecule has 5 N–H and O–H groups in total. The standard InChI is InChI=1S/C25H27NO.C3H8.CH3NO.CH5NS/c1-18-10-12-19(13-11-18)16-20-17-21(25(2,3)4)14-15-23(20)24(27)26-22-8-6-5-7-9-22;1-3-2;2-1-3;1-3-2/h5-15,17H,16H2,1-4H3,(H,26,27);3H2,1-2H3;1H,(H2,2,3);2H2,1H3. The fourth-order valence-electron chi connectivity index (χ4n) is 3.07. The molecular formula is C30H43N3O2S. The first-order valence-electron chi connectivity index (χ1n) is 12.0. The molecule has 0 spiro atoms. The van der Waals surface area contributed by atoms with Gasteiger partial charge in [-0.05, 0) is 59.9 Å². The average molecular weight is 510 g/mol. The van der Waals surface area contributed by atoms with Gasteiger partial charge in [0.25, 0.3) is 5.91 Å². The molecule has 0 fully saturated rings. The number of rotatable bonds is 4. The molecule has 0 aliphatic carbocycles. The van der Waals surface area contributed by atoms with E-state index in [0.29, 0.717) is 0 Å². The van der Waals surface area contributed by atoms with Crippen LogP contribution in [0.3, 0.4) is 0 Å². The molecule has 0 saturated carbocycles. The Bertz CT molecular complexity index is 1010. The molecule has 0 aliphatic heterocycles. The number of benzene rings is 3. The van der Waals surface area contributed by atoms with Crippen LogP contribution >= 0.6 is 11.9 Å². The molecule has 0 heterocycles. The Morgan fingerprint density at radius 2 is 1.47 bits per heavy atom. The van der Waals surface area contributed by atoms with E-state index in [-0.39, 0.29) is 17.7 Å². The van der Waals surface area contributed by atoms with Crippen molar-refractivity contribution in [2.24, 2.45) is 10.9 Å². The minimum atomic E-state index is -0.0660. The molecule has 36 heavy (non-hydrogen) atoms. The van der Waals surface area contributed by atoms with Crippen LogP contribution in [0.15, 0.2) is 72.8 Å². The SMILES string of the molecule is CCC.CSN.Cc1ccc(Cc2cc(C(C)(C)C)ccc2C(=O)Nc2ccccc2)cc1.NC=O. The Labute approximate surface area is 222 Å². The van der Waals surface area contributed by atoms with Gasteiger partial charge >= 0.3 is 0 Å². The summed E-state index contributed by atoms with van der Waals surface area (Å²) in [5.74, 6) is -0.0660. The fourth-order valence-corrected chi connectivity index (χ4v) is 3.07. The van der Waals surface area contributed by atoms with Gasteiger partial charge in [0.05, 0.1) is 0 Å². The van der Waals surface area contributed by atoms with Crippen molar-refractivity contribution in [3.05, 3.63) is 101 Å². The normalized spacial score (nSPS) is 9.78. The zero-order valence-corrected chi connectivity index (χ0v) is 23.6. The van der Waals surface area contributed by atoms with Crippen LogP contribution in [0.25, 0.3) is 0 Å². The molecule has 0 saturated heterocycles. The number of para-hydroxylation sites is 1. The van der Waals surface area contributed by atoms with Crippen LogP contribution in [0.2, 0.25) is 0 Å². The highest BCUT2D eigenvalue weighted by atomic mass is 32.2. The van der Waals surface area contributed by atoms with E-state index >= 15 is 0 Å². The Hall–Kier alpha value is -3.09. The summed E-state index contributed by atoms with van der Waals surface area (Å²) in [6.45, 7) is 12.9. The lowest BCUT2D eigenvalue weighted by Gasteiger charge is -2.21. The fraction of sp³-hybridized carbons (Fsp3) is 0.333. The minimum absolute atomic E-state index is 0.0382. The summed E-state index contributed by atoms with van der Waals surface area (Å²) in [6.07, 6.45) is 4.06. The van der Waals surface area contributed by atoms with Gasteiger partial charge in [-0.15, -0.1) is 0 Å². The van der Waals surface area contributed by atoms with Gasteiger partial charge < -0.3 is 11.1 Å². The predicted octanol–water partition coefficient (Wildman–Crippen LogP) is 6.88. The number of nitrogens with two attached hydrogens (primary N) is 2. The van der Waals surface area contributed by atoms with Crippen molar-refractivity contribution in [3.63, 3.8) is 0 Å². The number of carbonyl (C=O) groups excluding carboxylic acids is 2. The van der Waals surface area contributed by atoms with Crippen LogP contribution < -0.4 is 16.2 Å². The Kier molecular flexibility index (Phi) is 16.7. The number of amides is 2. The number of anilines is 1. The van der Waals surface area contributed by atoms with E-state index in [2.05, 4.69) is 89.0 Å². The van der Waals surface area contributed by atoms with Crippen LogP contribution in [-0.4, -0.2) is 18.6 Å². The number of hydrogen-bond acceptors (Lipinski definition) is 4. The summed E-state index contributed by atoms with van der Waals surface area (Å²) in [5, 5.41) is 7.78. The molecule has 3 aromatic carbocycles. The van der Waals surface area contributed by atoms with Crippen molar-refractivity contribution in [2.45, 2.75) is 59.8 Å². The van der Waals surface area contributed by atoms with Gasteiger partial charge in [-0.2, -0.15) is 0 Å². The first kappa shape index (κ1) is 32.9. The molecule has 0 unspecified atom stereocenters. The van der Waals surface area contributed by atoms with E-state index in [4.69, 9.17) is 9.93 Å². The van der Waals surface area contributed by atoms with Gasteiger partial charge in [-0.1, -0.05) is 113 Å². The monoisotopic (exact) mass is 509 g/mol. The van der Waals surface area contributed by atoms with Gasteiger partial charge in [0.2, 0.25) is 6.41 Å². The molecule has 0 bridgehead atoms. The van der Waals surface area contributed by atoms with E-state index < -0.39 is 0 Å². The lowest BCUT2D eigenvalue weighted by molar-refractivity contribution is -0.106. The number of carbonyl (C=O) groups is 2. The van der Waals surface area contributed by atoms with Gasteiger partial charge in [-0.25, -0.2) is 0 Å². The van der Waals surface area contributed by atoms with Crippen LogP contribution in [0.4, 0.5) is 5.69 Å². The van der Waals surface area contributed by atoms with E-state index in [1.165, 1.54) is 35.1 Å². The second-order valence-electron chi connectivity index (χ2n) is 9.18. The molecule has 3 aromatic rings. The second kappa shape index (κ2) is 18.2. The van der Waals surface area contributed by atoms with Gasteiger partial charge in [-0.3, -0.25) is 14.7 Å². The first-order valence-corrected chi connectivity index (χ1v) is 13.3. The molecule has 5 nitrogen and oxygen atoms in total. The van der Waals surface area contributed by atoms with Gasteiger partial charge in [0.15, 0.2) is 0 Å². The van der Waals surface area contributed by atoms with Crippen LogP contribution in [0.1, 0.15) is 73.7 Å². The lowest BCUT2D eigenvalue weighted by Crippen LogP contribution is -2.17. The van der Waals surface area contributed by atoms with Crippen LogP contribution in [0, 0.1) is 6.92 Å². The van der Waals surface area contributed by atoms with Crippen molar-refractivity contribution >= 4 is 30.0 Å². The van der Waals surface area contributed by atoms with Crippen molar-refractivity contribution in [1.29, 1.82) is 0 Å². The van der Waals surface area contributed by atoms with Gasteiger partial charge in [0.1, 0.15) is 0 Å². The van der Waals surface area contributed by atoms with E-state index in [1.54, 1.807) is 0 Å². The topological polar surface area (TPSA) is 98.2 Å². The summed E-state index contributed by atoms with van der Waals surface area (Å²) >= 11 is 1.25. The maximum atomic E-state index is 12.9. The van der Waals surface area contributed by atoms with Crippen molar-refractivity contribution in [2.75, 3.05) is 11.6 Å². The number of aryl methyl sites for hydroxylation is 1. The maximum Gasteiger partial charge on any atom is 0.255 e. The van der Waals surface area contributed by atoms with E-state index in [0.717, 1.165) is 23.2 Å². The van der Waals surface area contributed by atoms with Crippen molar-refractivity contribution < 1.29 is 9.59 Å². The van der Waals surface area contributed by atoms with Crippen molar-refractivity contribution in [1.82, 2.24) is 0 Å². The Morgan fingerprint density at radius 3 is 1.94 bits per heavy atom. The molecule has 2 amide bonds. The van der Waals surface area contributed by atoms with Gasteiger partial charge in [0, 0.05) is 11.3 Å². The van der Waals surface area contributed by atoms with E-state index in [1.807, 2.05) is 42.7 Å². The quantitative estimate of drug-likeness (QED) is 0.264. The number of primary amides is 1. The molecule has 6 heteroatoms. The average Bonchev–Trinajstić information content (AvgIpc) is 2.82. The molecule has 0 radical (unpaired) electrons. The highest BCUT2D eigenvalue weighted by Crippen LogP contribution is 2.26. The van der Waals surface area contributed by atoms with Crippen molar-refractivity contribution in [3.8, 4) is 0 Å². The molecule has 3 rings (SSSR count). The lowest BCUT2D eigenvalue weighted by atomic mass is 9.84. The highest BCUT2D eigenvalue weighted by molar-refractivity contribution is 7.96. The zero-order valence-electron chi connectivity index (χ0n) is 22.8. The predicted molar refractivity (Wildman–Crippen MR) is 157 cm³/mol. The van der Waals surface area contributed by atoms with Crippen LogP contribution in [-0.2, 0) is 16.6 Å². The smallest absolute Gasteiger partial charge is 0.255 e. The summed E-state index contributed by atoms with van der Waals surface area (Å²) in [5.41, 5.74) is 10.5. The molecular weight excluding hydrogens is 466 g/mol. The summed E-state index contributed by atoms with van der Waals surface area (Å²) < 4.78 is 0. The number of nitrogens with one attached hydrogen (secondary N) is 1. The molecule has 0 aromatic heterocycles. The Balaban J connectivity index is 0.00000119. The Morgan fingerprint density at radius 1 is 0.972 bits per heavy atom. The third-order valence-corrected chi connectivity index (χ3v) is 4.76. The largest absolute Gasteiger partial charge is 0.372 e. The zero-order chi connectivity index (χ0) is 27.6. The maximum absolute atomic E-state index is 12.9. The minimum Gasteiger partial charge on any atom is -0.372 e. The first-order chi connectivity index (χ1) is 17.1. The van der Waals surface area contributed by atoms with E-state index in [9.17, 15) is 4.79 Å². The molecule has 196 valence electrons.